The van der Waals surface area contributed by atoms with Crippen LogP contribution in [0.3, 0.4) is 0 Å². The number of carbonyl (C=O) groups is 2. The van der Waals surface area contributed by atoms with Crippen LogP contribution in [0.2, 0.25) is 0 Å². The zero-order valence-electron chi connectivity index (χ0n) is 15.9. The molecule has 0 aliphatic carbocycles. The van der Waals surface area contributed by atoms with Gasteiger partial charge in [-0.2, -0.15) is 0 Å². The van der Waals surface area contributed by atoms with E-state index in [1.54, 1.807) is 24.3 Å². The number of imide groups is 1. The number of nitrogens with zero attached hydrogens (tertiary/aromatic N) is 1. The summed E-state index contributed by atoms with van der Waals surface area (Å²) in [4.78, 5) is 25.9. The Morgan fingerprint density at radius 3 is 2.46 bits per heavy atom. The number of carbonyl (C=O) groups excluding carboxylic acids is 2. The number of hydrogen-bond donors (Lipinski definition) is 1. The Hall–Kier alpha value is -3.35. The van der Waals surface area contributed by atoms with E-state index in [2.05, 4.69) is 5.32 Å². The fraction of sp³-hybridized carbons (Fsp3) is 0.238. The van der Waals surface area contributed by atoms with Crippen LogP contribution < -0.4 is 14.8 Å². The number of hydrogen-bond acceptors (Lipinski definition) is 4. The summed E-state index contributed by atoms with van der Waals surface area (Å²) in [5.74, 6) is 0.304. The average Bonchev–Trinajstić information content (AvgIpc) is 2.91. The molecule has 2 aromatic rings. The number of nitrogens with one attached hydrogen (secondary N) is 1. The summed E-state index contributed by atoms with van der Waals surface area (Å²) in [5.41, 5.74) is 1.50. The van der Waals surface area contributed by atoms with Crippen molar-refractivity contribution < 1.29 is 23.5 Å². The smallest absolute Gasteiger partial charge is 0.329 e. The van der Waals surface area contributed by atoms with Crippen molar-refractivity contribution in [1.29, 1.82) is 0 Å². The van der Waals surface area contributed by atoms with Crippen LogP contribution in [-0.4, -0.2) is 30.1 Å². The number of amides is 3. The second kappa shape index (κ2) is 8.12. The summed E-state index contributed by atoms with van der Waals surface area (Å²) in [7, 11) is 1.53. The molecule has 0 bridgehead atoms. The SMILES string of the molecule is COc1cc(/C=C2/NC(=O)N(Cc3ccc(F)cc3)C2=O)ccc1OC(C)C. The maximum Gasteiger partial charge on any atom is 0.329 e. The Morgan fingerprint density at radius 1 is 1.11 bits per heavy atom. The van der Waals surface area contributed by atoms with Crippen molar-refractivity contribution in [3.8, 4) is 11.5 Å². The van der Waals surface area contributed by atoms with Crippen molar-refractivity contribution in [3.05, 3.63) is 65.1 Å². The van der Waals surface area contributed by atoms with E-state index >= 15 is 0 Å². The highest BCUT2D eigenvalue weighted by Crippen LogP contribution is 2.30. The molecule has 0 aromatic heterocycles. The largest absolute Gasteiger partial charge is 0.493 e. The molecule has 146 valence electrons. The van der Waals surface area contributed by atoms with Crippen molar-refractivity contribution in [2.45, 2.75) is 26.5 Å². The van der Waals surface area contributed by atoms with Gasteiger partial charge in [0.15, 0.2) is 11.5 Å². The van der Waals surface area contributed by atoms with E-state index in [4.69, 9.17) is 9.47 Å². The van der Waals surface area contributed by atoms with Crippen molar-refractivity contribution in [1.82, 2.24) is 10.2 Å². The Balaban J connectivity index is 1.80. The van der Waals surface area contributed by atoms with E-state index in [1.807, 2.05) is 13.8 Å². The van der Waals surface area contributed by atoms with Gasteiger partial charge >= 0.3 is 6.03 Å². The molecule has 3 amide bonds. The quantitative estimate of drug-likeness (QED) is 0.609. The molecule has 1 N–H and O–H groups in total. The Bertz CT molecular complexity index is 923. The first-order valence-electron chi connectivity index (χ1n) is 8.81. The monoisotopic (exact) mass is 384 g/mol. The predicted molar refractivity (Wildman–Crippen MR) is 102 cm³/mol. The van der Waals surface area contributed by atoms with Gasteiger partial charge in [0.1, 0.15) is 11.5 Å². The van der Waals surface area contributed by atoms with Gasteiger partial charge in [0.05, 0.1) is 19.8 Å². The number of rotatable bonds is 6. The predicted octanol–water partition coefficient (Wildman–Crippen LogP) is 3.71. The van der Waals surface area contributed by atoms with Crippen molar-refractivity contribution >= 4 is 18.0 Å². The third-order valence-corrected chi connectivity index (χ3v) is 4.08. The van der Waals surface area contributed by atoms with E-state index < -0.39 is 11.9 Å². The second-order valence-corrected chi connectivity index (χ2v) is 6.58. The van der Waals surface area contributed by atoms with Crippen LogP contribution in [0.15, 0.2) is 48.2 Å². The van der Waals surface area contributed by atoms with Crippen LogP contribution >= 0.6 is 0 Å². The van der Waals surface area contributed by atoms with Crippen molar-refractivity contribution in [3.63, 3.8) is 0 Å². The summed E-state index contributed by atoms with van der Waals surface area (Å²) >= 11 is 0. The first-order valence-corrected chi connectivity index (χ1v) is 8.81. The summed E-state index contributed by atoms with van der Waals surface area (Å²) in [5, 5.41) is 2.57. The normalized spacial score (nSPS) is 15.3. The molecule has 6 nitrogen and oxygen atoms in total. The lowest BCUT2D eigenvalue weighted by atomic mass is 10.1. The molecule has 28 heavy (non-hydrogen) atoms. The molecule has 7 heteroatoms. The molecule has 1 aliphatic rings. The number of ether oxygens (including phenoxy) is 2. The molecule has 1 heterocycles. The molecule has 1 saturated heterocycles. The minimum atomic E-state index is -0.521. The van der Waals surface area contributed by atoms with Gasteiger partial charge < -0.3 is 14.8 Å². The Kier molecular flexibility index (Phi) is 5.63. The zero-order valence-corrected chi connectivity index (χ0v) is 15.9. The summed E-state index contributed by atoms with van der Waals surface area (Å²) in [6.07, 6.45) is 1.57. The van der Waals surface area contributed by atoms with E-state index in [1.165, 1.54) is 31.4 Å². The molecule has 0 spiro atoms. The van der Waals surface area contributed by atoms with Gasteiger partial charge in [-0.05, 0) is 55.3 Å². The lowest BCUT2D eigenvalue weighted by Gasteiger charge is -2.14. The van der Waals surface area contributed by atoms with Crippen LogP contribution in [-0.2, 0) is 11.3 Å². The highest BCUT2D eigenvalue weighted by Gasteiger charge is 2.33. The maximum absolute atomic E-state index is 13.0. The summed E-state index contributed by atoms with van der Waals surface area (Å²) < 4.78 is 24.0. The van der Waals surface area contributed by atoms with Crippen LogP contribution in [0.1, 0.15) is 25.0 Å². The van der Waals surface area contributed by atoms with E-state index in [9.17, 15) is 14.0 Å². The number of benzene rings is 2. The molecule has 1 aliphatic heterocycles. The fourth-order valence-corrected chi connectivity index (χ4v) is 2.78. The minimum absolute atomic E-state index is 0.00572. The first kappa shape index (κ1) is 19.4. The number of halogens is 1. The number of urea groups is 1. The Morgan fingerprint density at radius 2 is 1.82 bits per heavy atom. The van der Waals surface area contributed by atoms with Gasteiger partial charge in [-0.3, -0.25) is 9.69 Å². The molecule has 2 aromatic carbocycles. The molecule has 0 atom stereocenters. The summed E-state index contributed by atoms with van der Waals surface area (Å²) in [6.45, 7) is 3.89. The van der Waals surface area contributed by atoms with Crippen LogP contribution in [0, 0.1) is 5.82 Å². The molecule has 0 radical (unpaired) electrons. The van der Waals surface area contributed by atoms with Gasteiger partial charge in [0, 0.05) is 0 Å². The molecule has 1 fully saturated rings. The zero-order chi connectivity index (χ0) is 20.3. The molecule has 0 unspecified atom stereocenters. The first-order chi connectivity index (χ1) is 13.4. The van der Waals surface area contributed by atoms with Gasteiger partial charge in [0.25, 0.3) is 5.91 Å². The number of methoxy groups -OCH3 is 1. The lowest BCUT2D eigenvalue weighted by Crippen LogP contribution is -2.30. The van der Waals surface area contributed by atoms with Crippen LogP contribution in [0.5, 0.6) is 11.5 Å². The van der Waals surface area contributed by atoms with Crippen molar-refractivity contribution in [2.24, 2.45) is 0 Å². The minimum Gasteiger partial charge on any atom is -0.493 e. The second-order valence-electron chi connectivity index (χ2n) is 6.58. The highest BCUT2D eigenvalue weighted by molar-refractivity contribution is 6.13. The lowest BCUT2D eigenvalue weighted by molar-refractivity contribution is -0.123. The van der Waals surface area contributed by atoms with Gasteiger partial charge in [-0.15, -0.1) is 0 Å². The molecule has 0 saturated carbocycles. The van der Waals surface area contributed by atoms with Crippen LogP contribution in [0.25, 0.3) is 6.08 Å². The fourth-order valence-electron chi connectivity index (χ4n) is 2.78. The van der Waals surface area contributed by atoms with Crippen molar-refractivity contribution in [2.75, 3.05) is 7.11 Å². The standard InChI is InChI=1S/C21H21FN2O4/c1-13(2)28-18-9-6-15(11-19(18)27-3)10-17-20(25)24(21(26)23-17)12-14-4-7-16(22)8-5-14/h4-11,13H,12H2,1-3H3,(H,23,26)/b17-10+. The van der Waals surface area contributed by atoms with E-state index in [0.29, 0.717) is 22.6 Å². The maximum atomic E-state index is 13.0. The Labute approximate surface area is 162 Å². The van der Waals surface area contributed by atoms with Gasteiger partial charge in [0.2, 0.25) is 0 Å². The third-order valence-electron chi connectivity index (χ3n) is 4.08. The molecular formula is C21H21FN2O4. The van der Waals surface area contributed by atoms with E-state index in [-0.39, 0.29) is 24.2 Å². The van der Waals surface area contributed by atoms with Gasteiger partial charge in [-0.25, -0.2) is 9.18 Å². The van der Waals surface area contributed by atoms with Gasteiger partial charge in [-0.1, -0.05) is 18.2 Å². The summed E-state index contributed by atoms with van der Waals surface area (Å²) in [6, 6.07) is 10.4. The average molecular weight is 384 g/mol. The highest BCUT2D eigenvalue weighted by atomic mass is 19.1. The molecule has 3 rings (SSSR count). The topological polar surface area (TPSA) is 67.9 Å². The third kappa shape index (κ3) is 4.31. The van der Waals surface area contributed by atoms with Crippen LogP contribution in [0.4, 0.5) is 9.18 Å². The molecular weight excluding hydrogens is 363 g/mol. The van der Waals surface area contributed by atoms with E-state index in [0.717, 1.165) is 4.90 Å².